The zero-order valence-electron chi connectivity index (χ0n) is 60.0. The summed E-state index contributed by atoms with van der Waals surface area (Å²) in [6.07, 6.45) is 14.1. The normalized spacial score (nSPS) is 15.4. The fourth-order valence-electron chi connectivity index (χ4n) is 12.6. The average Bonchev–Trinajstić information content (AvgIpc) is 0.935. The molecule has 3 saturated heterocycles. The lowest BCUT2D eigenvalue weighted by Crippen LogP contribution is -2.23. The number of aromatic nitrogens is 6. The molecule has 9 aromatic rings. The Balaban J connectivity index is 0.000000172. The molecule has 107 heavy (non-hydrogen) atoms. The van der Waals surface area contributed by atoms with Gasteiger partial charge in [0.15, 0.2) is 34.8 Å². The van der Waals surface area contributed by atoms with E-state index < -0.39 is 5.82 Å². The largest absolute Gasteiger partial charge is 0.491 e. The molecule has 0 bridgehead atoms. The number of methoxy groups -OCH3 is 2. The number of nitrogens with zero attached hydrogens (tertiary/aromatic N) is 9. The van der Waals surface area contributed by atoms with E-state index in [1.807, 2.05) is 72.8 Å². The Labute approximate surface area is 620 Å². The van der Waals surface area contributed by atoms with Crippen LogP contribution >= 0.6 is 0 Å². The average molecular weight is 1460 g/mol. The lowest BCUT2D eigenvalue weighted by Gasteiger charge is -2.14. The summed E-state index contributed by atoms with van der Waals surface area (Å²) in [5.41, 5.74) is 10.1. The van der Waals surface area contributed by atoms with Crippen molar-refractivity contribution in [2.75, 3.05) is 141 Å². The molecule has 3 aromatic heterocycles. The second-order valence-electron chi connectivity index (χ2n) is 25.8. The molecule has 0 aliphatic carbocycles. The third kappa shape index (κ3) is 24.4. The summed E-state index contributed by atoms with van der Waals surface area (Å²) in [6, 6.07) is 45.8. The molecule has 27 heteroatoms. The van der Waals surface area contributed by atoms with Crippen LogP contribution in [0.15, 0.2) is 202 Å². The molecule has 12 rings (SSSR count). The molecule has 6 heterocycles. The summed E-state index contributed by atoms with van der Waals surface area (Å²) in [5, 5.41) is 27.1. The second kappa shape index (κ2) is 39.9. The molecule has 0 saturated carbocycles. The summed E-state index contributed by atoms with van der Waals surface area (Å²) in [6.45, 7) is 16.9. The Morgan fingerprint density at radius 1 is 0.421 bits per heavy atom. The predicted octanol–water partition coefficient (Wildman–Crippen LogP) is 14.9. The minimum absolute atomic E-state index is 0.00499. The van der Waals surface area contributed by atoms with Crippen molar-refractivity contribution in [1.82, 2.24) is 44.6 Å². The smallest absolute Gasteiger partial charge is 0.247 e. The maximum atomic E-state index is 14.4. The quantitative estimate of drug-likeness (QED) is 0.0140. The van der Waals surface area contributed by atoms with E-state index in [2.05, 4.69) is 136 Å². The van der Waals surface area contributed by atoms with Crippen LogP contribution in [0.4, 0.5) is 104 Å². The number of halogens is 4. The van der Waals surface area contributed by atoms with Gasteiger partial charge in [0.1, 0.15) is 20.0 Å². The van der Waals surface area contributed by atoms with Crippen LogP contribution in [-0.4, -0.2) is 155 Å². The van der Waals surface area contributed by atoms with Crippen molar-refractivity contribution in [2.45, 2.75) is 38.5 Å². The van der Waals surface area contributed by atoms with Crippen LogP contribution in [0.2, 0.25) is 0 Å². The maximum Gasteiger partial charge on any atom is 0.247 e. The fourth-order valence-corrected chi connectivity index (χ4v) is 12.6. The maximum absolute atomic E-state index is 14.4. The number of hydrogen-bond acceptors (Lipinski definition) is 20. The molecular weight excluding hydrogens is 1370 g/mol. The van der Waals surface area contributed by atoms with Crippen LogP contribution in [-0.2, 0) is 33.6 Å². The summed E-state index contributed by atoms with van der Waals surface area (Å²) < 4.78 is 62.9. The highest BCUT2D eigenvalue weighted by Crippen LogP contribution is 2.33. The molecule has 6 aromatic carbocycles. The lowest BCUT2D eigenvalue weighted by molar-refractivity contribution is -0.112. The number of benzene rings is 6. The Kier molecular flexibility index (Phi) is 29.0. The molecule has 558 valence electrons. The van der Waals surface area contributed by atoms with Crippen molar-refractivity contribution in [3.05, 3.63) is 225 Å². The number of ether oxygens (including phenoxy) is 2. The number of anilines is 15. The number of carbonyl (C=O) groups excluding carboxylic acids is 3. The van der Waals surface area contributed by atoms with E-state index in [0.29, 0.717) is 95.2 Å². The number of alkyl halides is 3. The molecule has 9 N–H and O–H groups in total. The van der Waals surface area contributed by atoms with E-state index in [9.17, 15) is 31.9 Å². The van der Waals surface area contributed by atoms with Gasteiger partial charge in [0.05, 0.1) is 32.8 Å². The van der Waals surface area contributed by atoms with Gasteiger partial charge in [-0.15, -0.1) is 0 Å². The van der Waals surface area contributed by atoms with Crippen LogP contribution in [0.25, 0.3) is 0 Å². The van der Waals surface area contributed by atoms with Gasteiger partial charge in [0, 0.05) is 90.5 Å². The number of rotatable bonds is 32. The highest BCUT2D eigenvalue weighted by atomic mass is 19.1. The Bertz CT molecular complexity index is 4240. The molecular formula is C80H90F4N18O5. The second-order valence-corrected chi connectivity index (χ2v) is 25.8. The minimum Gasteiger partial charge on any atom is -0.491 e. The number of carbonyl (C=O) groups is 3. The Morgan fingerprint density at radius 3 is 1.03 bits per heavy atom. The van der Waals surface area contributed by atoms with E-state index in [4.69, 9.17) is 9.47 Å². The first kappa shape index (κ1) is 77.8. The van der Waals surface area contributed by atoms with E-state index in [1.54, 1.807) is 75.1 Å². The molecule has 3 aliphatic rings. The van der Waals surface area contributed by atoms with Gasteiger partial charge in [0.25, 0.3) is 0 Å². The first-order valence-electron chi connectivity index (χ1n) is 35.3. The van der Waals surface area contributed by atoms with Gasteiger partial charge in [0.2, 0.25) is 35.6 Å². The molecule has 0 spiro atoms. The molecule has 3 atom stereocenters. The van der Waals surface area contributed by atoms with Gasteiger partial charge in [-0.2, -0.15) is 15.0 Å². The predicted molar refractivity (Wildman–Crippen MR) is 417 cm³/mol. The van der Waals surface area contributed by atoms with Crippen LogP contribution in [0.5, 0.6) is 11.5 Å². The van der Waals surface area contributed by atoms with Gasteiger partial charge >= 0.3 is 0 Å². The Hall–Kier alpha value is -11.8. The fraction of sp³-hybridized carbons (Fsp3) is 0.287. The van der Waals surface area contributed by atoms with Crippen molar-refractivity contribution < 1.29 is 41.4 Å². The highest BCUT2D eigenvalue weighted by Gasteiger charge is 2.25. The van der Waals surface area contributed by atoms with Gasteiger partial charge in [-0.3, -0.25) is 14.4 Å². The lowest BCUT2D eigenvalue weighted by atomic mass is 9.98. The van der Waals surface area contributed by atoms with Gasteiger partial charge in [-0.25, -0.2) is 32.5 Å². The van der Waals surface area contributed by atoms with Crippen LogP contribution in [0.3, 0.4) is 0 Å². The number of hydrogen-bond donors (Lipinski definition) is 9. The monoisotopic (exact) mass is 1460 g/mol. The molecule has 3 fully saturated rings. The van der Waals surface area contributed by atoms with Gasteiger partial charge in [-0.1, -0.05) is 74.3 Å². The van der Waals surface area contributed by atoms with Crippen molar-refractivity contribution in [1.29, 1.82) is 0 Å². The standard InChI is InChI=1S/2C27H31FN6O2.C26H28F2N6O/c2*1-3-25(35)30-22-5-4-6-23(16-22)31-26-24(36-2)17-29-27(33-26)32-21-9-7-19(8-10-21)15-20-11-13-34(18-20)14-12-28;1-2-24(35)30-21-4-3-5-22(15-21)31-25-23(28)16-29-26(33-25)32-20-8-6-18(7-9-20)14-19-10-12-34(17-19)13-11-27/h2*3-10,16-17,20H,1,11-15,18H2,2H3,(H,30,35)(H2,29,31,32,33);2-9,15-16,19H,1,10-14,17H2,(H,30,35)(H2,29,31,32,33)/t2*20-;19-/m101/s1. The van der Waals surface area contributed by atoms with Crippen molar-refractivity contribution in [3.63, 3.8) is 0 Å². The number of likely N-dealkylation sites (tertiary alicyclic amines) is 3. The summed E-state index contributed by atoms with van der Waals surface area (Å²) in [5.74, 6) is 3.17. The van der Waals surface area contributed by atoms with Crippen molar-refractivity contribution >= 4 is 104 Å². The van der Waals surface area contributed by atoms with E-state index in [-0.39, 0.29) is 49.5 Å². The summed E-state index contributed by atoms with van der Waals surface area (Å²) >= 11 is 0. The van der Waals surface area contributed by atoms with Crippen LogP contribution in [0, 0.1) is 23.6 Å². The summed E-state index contributed by atoms with van der Waals surface area (Å²) in [4.78, 5) is 67.4. The van der Waals surface area contributed by atoms with Crippen molar-refractivity contribution in [3.8, 4) is 11.5 Å². The van der Waals surface area contributed by atoms with E-state index >= 15 is 0 Å². The topological polar surface area (TPSA) is 265 Å². The van der Waals surface area contributed by atoms with E-state index in [1.165, 1.54) is 34.9 Å². The first-order valence-corrected chi connectivity index (χ1v) is 35.3. The van der Waals surface area contributed by atoms with Gasteiger partial charge in [-0.05, 0) is 202 Å². The summed E-state index contributed by atoms with van der Waals surface area (Å²) in [7, 11) is 3.11. The zero-order valence-corrected chi connectivity index (χ0v) is 60.0. The third-order valence-corrected chi connectivity index (χ3v) is 17.9. The Morgan fingerprint density at radius 2 is 0.720 bits per heavy atom. The number of nitrogens with one attached hydrogen (secondary N) is 9. The SMILES string of the molecule is C=CC(=O)Nc1cccc(Nc2nc(Nc3ccc(C[C@@H]4CCN(CCF)C4)cc3)ncc2OC)c1.C=CC(=O)Nc1cccc(Nc2nc(Nc3ccc(C[C@H]4CCN(CCF)C4)cc3)ncc2F)c1.C=CC(=O)Nc1cccc(Nc2nc(Nc3ccc(C[C@H]4CCN(CCF)C4)cc3)ncc2OC)c1. The van der Waals surface area contributed by atoms with Gasteiger partial charge < -0.3 is 72.0 Å². The third-order valence-electron chi connectivity index (χ3n) is 17.9. The number of amides is 3. The molecule has 0 radical (unpaired) electrons. The first-order chi connectivity index (χ1) is 52.1. The molecule has 3 aliphatic heterocycles. The molecule has 23 nitrogen and oxygen atoms in total. The minimum atomic E-state index is -0.607. The van der Waals surface area contributed by atoms with Crippen LogP contribution < -0.4 is 57.3 Å². The zero-order chi connectivity index (χ0) is 75.3. The molecule has 0 unspecified atom stereocenters. The van der Waals surface area contributed by atoms with Crippen molar-refractivity contribution in [2.24, 2.45) is 17.8 Å². The van der Waals surface area contributed by atoms with E-state index in [0.717, 1.165) is 112 Å². The highest BCUT2D eigenvalue weighted by molar-refractivity contribution is 6.00. The molecule has 3 amide bonds. The van der Waals surface area contributed by atoms with Crippen LogP contribution in [0.1, 0.15) is 36.0 Å².